The van der Waals surface area contributed by atoms with Crippen LogP contribution in [0.4, 0.5) is 0 Å². The first kappa shape index (κ1) is 35.6. The van der Waals surface area contributed by atoms with Gasteiger partial charge in [0.2, 0.25) is 0 Å². The Morgan fingerprint density at radius 3 is 1.97 bits per heavy atom. The molecule has 0 fully saturated rings. The van der Waals surface area contributed by atoms with Crippen molar-refractivity contribution >= 4 is 22.6 Å². The average molecular weight is 553 g/mol. The van der Waals surface area contributed by atoms with Crippen molar-refractivity contribution in [3.63, 3.8) is 0 Å². The zero-order chi connectivity index (χ0) is 27.6. The number of nitrogens with one attached hydrogen (secondary N) is 1. The molecule has 0 aromatic carbocycles. The summed E-state index contributed by atoms with van der Waals surface area (Å²) in [5.74, 6) is -0.327. The molecule has 0 aliphatic heterocycles. The molecule has 5 N–H and O–H groups in total. The highest BCUT2D eigenvalue weighted by molar-refractivity contribution is 6.84. The van der Waals surface area contributed by atoms with Gasteiger partial charge in [0.05, 0.1) is 25.7 Å². The van der Waals surface area contributed by atoms with Gasteiger partial charge in [-0.3, -0.25) is 4.79 Å². The van der Waals surface area contributed by atoms with Crippen LogP contribution in [0.25, 0.3) is 0 Å². The topological polar surface area (TPSA) is 132 Å². The Bertz CT molecular complexity index is 567. The van der Waals surface area contributed by atoms with Crippen LogP contribution in [0.1, 0.15) is 52.9 Å². The smallest absolute Gasteiger partial charge is 0.307 e. The SMILES string of the molecule is CC(N)CCC(C)NCCC(=O)OCC(O)COCCC[Si](C)(C)O[Si](C)(C)CCCOCC(C)O. The van der Waals surface area contributed by atoms with E-state index < -0.39 is 28.8 Å². The van der Waals surface area contributed by atoms with E-state index in [0.29, 0.717) is 32.4 Å². The van der Waals surface area contributed by atoms with Crippen LogP contribution in [-0.4, -0.2) is 96.7 Å². The second-order valence-corrected chi connectivity index (χ2v) is 20.2. The molecule has 0 aliphatic carbocycles. The van der Waals surface area contributed by atoms with Crippen molar-refractivity contribution in [1.82, 2.24) is 5.32 Å². The number of hydrogen-bond acceptors (Lipinski definition) is 9. The summed E-state index contributed by atoms with van der Waals surface area (Å²) in [5, 5.41) is 22.6. The van der Waals surface area contributed by atoms with Gasteiger partial charge < -0.3 is 39.6 Å². The average Bonchev–Trinajstić information content (AvgIpc) is 2.74. The Labute approximate surface area is 222 Å². The van der Waals surface area contributed by atoms with Crippen LogP contribution in [0.2, 0.25) is 38.3 Å². The lowest BCUT2D eigenvalue weighted by Gasteiger charge is -2.34. The van der Waals surface area contributed by atoms with Crippen molar-refractivity contribution in [1.29, 1.82) is 0 Å². The number of carbonyl (C=O) groups excluding carboxylic acids is 1. The third-order valence-corrected chi connectivity index (χ3v) is 13.2. The number of hydrogen-bond donors (Lipinski definition) is 4. The maximum absolute atomic E-state index is 11.9. The monoisotopic (exact) mass is 552 g/mol. The number of rotatable bonds is 23. The van der Waals surface area contributed by atoms with Gasteiger partial charge >= 0.3 is 5.97 Å². The molecule has 0 aromatic rings. The molecule has 4 unspecified atom stereocenters. The first-order chi connectivity index (χ1) is 16.7. The normalized spacial score (nSPS) is 15.9. The van der Waals surface area contributed by atoms with Gasteiger partial charge in [0, 0.05) is 31.8 Å². The summed E-state index contributed by atoms with van der Waals surface area (Å²) in [6.45, 7) is 17.0. The number of carbonyl (C=O) groups is 1. The van der Waals surface area contributed by atoms with Crippen LogP contribution in [0, 0.1) is 0 Å². The van der Waals surface area contributed by atoms with Crippen LogP contribution in [-0.2, 0) is 23.1 Å². The van der Waals surface area contributed by atoms with Crippen LogP contribution in [0.3, 0.4) is 0 Å². The van der Waals surface area contributed by atoms with E-state index in [4.69, 9.17) is 24.1 Å². The maximum Gasteiger partial charge on any atom is 0.307 e. The zero-order valence-corrected chi connectivity index (χ0v) is 26.0. The van der Waals surface area contributed by atoms with Crippen molar-refractivity contribution in [3.8, 4) is 0 Å². The van der Waals surface area contributed by atoms with Crippen molar-refractivity contribution < 1.29 is 33.3 Å². The van der Waals surface area contributed by atoms with Crippen LogP contribution >= 0.6 is 0 Å². The minimum atomic E-state index is -1.81. The summed E-state index contributed by atoms with van der Waals surface area (Å²) in [5.41, 5.74) is 5.76. The van der Waals surface area contributed by atoms with E-state index in [9.17, 15) is 15.0 Å². The van der Waals surface area contributed by atoms with E-state index in [1.807, 2.05) is 6.92 Å². The number of esters is 1. The summed E-state index contributed by atoms with van der Waals surface area (Å²) in [7, 11) is -3.58. The summed E-state index contributed by atoms with van der Waals surface area (Å²) in [4.78, 5) is 11.9. The van der Waals surface area contributed by atoms with Crippen molar-refractivity contribution in [3.05, 3.63) is 0 Å². The number of nitrogens with two attached hydrogens (primary N) is 1. The van der Waals surface area contributed by atoms with Gasteiger partial charge in [-0.05, 0) is 84.7 Å². The van der Waals surface area contributed by atoms with Gasteiger partial charge in [-0.2, -0.15) is 0 Å². The largest absolute Gasteiger partial charge is 0.463 e. The van der Waals surface area contributed by atoms with E-state index in [0.717, 1.165) is 37.8 Å². The number of aliphatic hydroxyl groups excluding tert-OH is 2. The Morgan fingerprint density at radius 2 is 1.44 bits per heavy atom. The molecule has 0 aliphatic rings. The van der Waals surface area contributed by atoms with Crippen molar-refractivity contribution in [2.75, 3.05) is 39.6 Å². The van der Waals surface area contributed by atoms with Crippen LogP contribution in [0.5, 0.6) is 0 Å². The fraction of sp³-hybridized carbons (Fsp3) is 0.960. The molecule has 9 nitrogen and oxygen atoms in total. The van der Waals surface area contributed by atoms with Gasteiger partial charge in [0.15, 0.2) is 16.6 Å². The molecule has 0 amide bonds. The molecule has 0 rings (SSSR count). The minimum Gasteiger partial charge on any atom is -0.463 e. The standard InChI is InChI=1S/C25H56N2O7Si2/c1-21(26)10-11-22(2)27-13-12-25(30)33-20-24(29)19-32-15-9-17-36(6,7)34-35(4,5)16-8-14-31-18-23(3)28/h21-24,27-29H,8-20,26H2,1-7H3. The highest BCUT2D eigenvalue weighted by Gasteiger charge is 2.32. The third-order valence-electron chi connectivity index (χ3n) is 5.67. The highest BCUT2D eigenvalue weighted by Crippen LogP contribution is 2.23. The lowest BCUT2D eigenvalue weighted by molar-refractivity contribution is -0.147. The first-order valence-corrected chi connectivity index (χ1v) is 19.8. The zero-order valence-electron chi connectivity index (χ0n) is 24.0. The second kappa shape index (κ2) is 19.7. The molecule has 0 aromatic heterocycles. The van der Waals surface area contributed by atoms with Gasteiger partial charge in [-0.25, -0.2) is 0 Å². The van der Waals surface area contributed by atoms with Gasteiger partial charge in [-0.15, -0.1) is 0 Å². The first-order valence-electron chi connectivity index (χ1n) is 13.6. The van der Waals surface area contributed by atoms with Gasteiger partial charge in [0.25, 0.3) is 0 Å². The lowest BCUT2D eigenvalue weighted by atomic mass is 10.1. The molecule has 0 spiro atoms. The fourth-order valence-electron chi connectivity index (χ4n) is 3.87. The molecule has 0 saturated carbocycles. The van der Waals surface area contributed by atoms with Gasteiger partial charge in [0.1, 0.15) is 12.7 Å². The lowest BCUT2D eigenvalue weighted by Crippen LogP contribution is -2.44. The van der Waals surface area contributed by atoms with E-state index >= 15 is 0 Å². The van der Waals surface area contributed by atoms with E-state index in [1.165, 1.54) is 0 Å². The predicted molar refractivity (Wildman–Crippen MR) is 150 cm³/mol. The number of ether oxygens (including phenoxy) is 3. The molecular formula is C25H56N2O7Si2. The summed E-state index contributed by atoms with van der Waals surface area (Å²) in [6.07, 6.45) is 2.76. The number of aliphatic hydroxyl groups is 2. The molecule has 4 atom stereocenters. The quantitative estimate of drug-likeness (QED) is 0.0857. The molecule has 0 radical (unpaired) electrons. The van der Waals surface area contributed by atoms with E-state index in [-0.39, 0.29) is 31.6 Å². The van der Waals surface area contributed by atoms with E-state index in [2.05, 4.69) is 38.4 Å². The van der Waals surface area contributed by atoms with Crippen molar-refractivity contribution in [2.24, 2.45) is 5.73 Å². The maximum atomic E-state index is 11.9. The molecule has 36 heavy (non-hydrogen) atoms. The fourth-order valence-corrected chi connectivity index (χ4v) is 12.7. The Kier molecular flexibility index (Phi) is 19.5. The molecule has 0 saturated heterocycles. The van der Waals surface area contributed by atoms with E-state index in [1.54, 1.807) is 6.92 Å². The highest BCUT2D eigenvalue weighted by atomic mass is 28.4. The van der Waals surface area contributed by atoms with Gasteiger partial charge in [-0.1, -0.05) is 0 Å². The van der Waals surface area contributed by atoms with Crippen LogP contribution in [0.15, 0.2) is 0 Å². The summed E-state index contributed by atoms with van der Waals surface area (Å²) >= 11 is 0. The Hall–Kier alpha value is -0.376. The molecule has 216 valence electrons. The molecule has 0 bridgehead atoms. The molecular weight excluding hydrogens is 496 g/mol. The minimum absolute atomic E-state index is 0.0524. The summed E-state index contributed by atoms with van der Waals surface area (Å²) in [6, 6.07) is 2.51. The predicted octanol–water partition coefficient (Wildman–Crippen LogP) is 3.01. The summed E-state index contributed by atoms with van der Waals surface area (Å²) < 4.78 is 22.8. The second-order valence-electron chi connectivity index (χ2n) is 11.3. The van der Waals surface area contributed by atoms with Crippen molar-refractivity contribution in [2.45, 2.75) is 115 Å². The third kappa shape index (κ3) is 22.8. The Morgan fingerprint density at radius 1 is 0.889 bits per heavy atom. The molecule has 11 heteroatoms. The molecule has 0 heterocycles. The Balaban J connectivity index is 3.89. The van der Waals surface area contributed by atoms with Crippen LogP contribution < -0.4 is 11.1 Å².